The van der Waals surface area contributed by atoms with Crippen LogP contribution in [0.15, 0.2) is 44.0 Å². The molecule has 0 N–H and O–H groups in total. The Bertz CT molecular complexity index is 1350. The van der Waals surface area contributed by atoms with Gasteiger partial charge < -0.3 is 9.64 Å². The smallest absolute Gasteiger partial charge is 0.269 e. The van der Waals surface area contributed by atoms with Crippen molar-refractivity contribution in [1.82, 2.24) is 9.88 Å². The maximum atomic E-state index is 15.6. The van der Waals surface area contributed by atoms with Crippen LogP contribution in [0.25, 0.3) is 11.3 Å². The highest BCUT2D eigenvalue weighted by Gasteiger charge is 2.33. The van der Waals surface area contributed by atoms with E-state index in [1.54, 1.807) is 19.0 Å². The molecule has 182 valence electrons. The zero-order valence-electron chi connectivity index (χ0n) is 17.9. The molecular formula is C20H17BrF4N4O3S2. The van der Waals surface area contributed by atoms with Crippen LogP contribution in [-0.2, 0) is 14.8 Å². The molecule has 0 aliphatic rings. The molecule has 0 spiro atoms. The van der Waals surface area contributed by atoms with Crippen molar-refractivity contribution in [1.29, 1.82) is 0 Å². The summed E-state index contributed by atoms with van der Waals surface area (Å²) in [7, 11) is -0.282. The maximum Gasteiger partial charge on any atom is 0.269 e. The zero-order chi connectivity index (χ0) is 25.2. The summed E-state index contributed by atoms with van der Waals surface area (Å²) >= 11 is 4.20. The number of anilines is 1. The Hall–Kier alpha value is -2.55. The number of sulfonamides is 1. The quantitative estimate of drug-likeness (QED) is 0.159. The van der Waals surface area contributed by atoms with Gasteiger partial charge in [0.25, 0.3) is 10.0 Å². The van der Waals surface area contributed by atoms with E-state index < -0.39 is 56.2 Å². The van der Waals surface area contributed by atoms with Gasteiger partial charge in [-0.15, -0.1) is 0 Å². The minimum absolute atomic E-state index is 0.153. The van der Waals surface area contributed by atoms with Crippen LogP contribution in [0.2, 0.25) is 0 Å². The summed E-state index contributed by atoms with van der Waals surface area (Å²) in [4.78, 5) is 8.81. The fourth-order valence-electron chi connectivity index (χ4n) is 2.80. The van der Waals surface area contributed by atoms with Crippen LogP contribution in [0.4, 0.5) is 28.4 Å². The highest BCUT2D eigenvalue weighted by molar-refractivity contribution is 9.11. The lowest BCUT2D eigenvalue weighted by Gasteiger charge is -2.25. The predicted molar refractivity (Wildman–Crippen MR) is 125 cm³/mol. The summed E-state index contributed by atoms with van der Waals surface area (Å²) in [6, 6.07) is 3.51. The van der Waals surface area contributed by atoms with Gasteiger partial charge in [-0.2, -0.15) is 0 Å². The van der Waals surface area contributed by atoms with Crippen LogP contribution < -0.4 is 4.31 Å². The van der Waals surface area contributed by atoms with Crippen LogP contribution in [0.1, 0.15) is 0 Å². The number of aromatic nitrogens is 1. The van der Waals surface area contributed by atoms with Crippen LogP contribution >= 0.6 is 27.3 Å². The van der Waals surface area contributed by atoms with E-state index in [0.717, 1.165) is 36.6 Å². The fraction of sp³-hybridized carbons (Fsp3) is 0.200. The number of halogens is 5. The maximum absolute atomic E-state index is 15.6. The molecule has 3 rings (SSSR count). The van der Waals surface area contributed by atoms with Crippen molar-refractivity contribution in [2.24, 2.45) is 4.99 Å². The third-order valence-corrected chi connectivity index (χ3v) is 7.62. The number of nitrogens with zero attached hydrogens (tertiary/aromatic N) is 4. The van der Waals surface area contributed by atoms with E-state index >= 15 is 4.39 Å². The fourth-order valence-corrected chi connectivity index (χ4v) is 5.62. The number of rotatable bonds is 8. The number of hydrogen-bond acceptors (Lipinski definition) is 6. The standard InChI is InChI=1S/C20H17BrF4N4O3S2/c1-28(2)9-26-20-27-18(19(21)33-20)16-13(24)6-7-14(17(16)25)29(10-32-3)34(30,31)15-8-11(22)4-5-12(15)23/h4-9H,10H2,1-3H3/b26-9+. The van der Waals surface area contributed by atoms with Crippen molar-refractivity contribution >= 4 is 54.4 Å². The van der Waals surface area contributed by atoms with Gasteiger partial charge in [-0.1, -0.05) is 11.3 Å². The van der Waals surface area contributed by atoms with Crippen molar-refractivity contribution in [3.8, 4) is 11.3 Å². The van der Waals surface area contributed by atoms with Crippen molar-refractivity contribution in [2.45, 2.75) is 4.90 Å². The molecule has 7 nitrogen and oxygen atoms in total. The van der Waals surface area contributed by atoms with Gasteiger partial charge in [0, 0.05) is 21.2 Å². The summed E-state index contributed by atoms with van der Waals surface area (Å²) in [5.41, 5.74) is -1.44. The van der Waals surface area contributed by atoms with Crippen LogP contribution in [0.5, 0.6) is 0 Å². The van der Waals surface area contributed by atoms with Gasteiger partial charge in [0.15, 0.2) is 5.82 Å². The molecule has 0 bridgehead atoms. The largest absolute Gasteiger partial charge is 0.369 e. The molecule has 1 heterocycles. The molecule has 2 aromatic carbocycles. The first-order valence-corrected chi connectivity index (χ1v) is 12.3. The van der Waals surface area contributed by atoms with Crippen LogP contribution in [0, 0.1) is 23.3 Å². The number of hydrogen-bond donors (Lipinski definition) is 0. The van der Waals surface area contributed by atoms with E-state index in [2.05, 4.69) is 25.9 Å². The van der Waals surface area contributed by atoms with E-state index in [9.17, 15) is 21.6 Å². The zero-order valence-corrected chi connectivity index (χ0v) is 21.1. The molecule has 0 amide bonds. The lowest BCUT2D eigenvalue weighted by atomic mass is 10.1. The lowest BCUT2D eigenvalue weighted by molar-refractivity contribution is 0.209. The van der Waals surface area contributed by atoms with Gasteiger partial charge in [-0.3, -0.25) is 0 Å². The number of aliphatic imine (C=N–C) groups is 1. The van der Waals surface area contributed by atoms with Gasteiger partial charge in [-0.05, 0) is 46.3 Å². The molecule has 14 heteroatoms. The first-order chi connectivity index (χ1) is 16.0. The molecule has 0 unspecified atom stereocenters. The summed E-state index contributed by atoms with van der Waals surface area (Å²) in [6.45, 7) is -0.767. The van der Waals surface area contributed by atoms with Gasteiger partial charge in [-0.25, -0.2) is 40.3 Å². The molecule has 0 aliphatic heterocycles. The van der Waals surface area contributed by atoms with Gasteiger partial charge >= 0.3 is 0 Å². The summed E-state index contributed by atoms with van der Waals surface area (Å²) < 4.78 is 90.1. The highest BCUT2D eigenvalue weighted by atomic mass is 79.9. The van der Waals surface area contributed by atoms with Crippen molar-refractivity contribution < 1.29 is 30.7 Å². The average molecular weight is 581 g/mol. The molecule has 1 aromatic heterocycles. The van der Waals surface area contributed by atoms with Gasteiger partial charge in [0.1, 0.15) is 38.6 Å². The molecule has 0 atom stereocenters. The van der Waals surface area contributed by atoms with E-state index in [1.165, 1.54) is 6.34 Å². The third-order valence-electron chi connectivity index (χ3n) is 4.26. The Morgan fingerprint density at radius 3 is 2.47 bits per heavy atom. The summed E-state index contributed by atoms with van der Waals surface area (Å²) in [5.74, 6) is -4.60. The van der Waals surface area contributed by atoms with Crippen molar-refractivity contribution in [2.75, 3.05) is 32.2 Å². The molecule has 0 fully saturated rings. The Balaban J connectivity index is 2.19. The minimum atomic E-state index is -4.85. The van der Waals surface area contributed by atoms with E-state index in [-0.39, 0.29) is 14.6 Å². The Morgan fingerprint density at radius 1 is 1.15 bits per heavy atom. The number of ether oxygens (including phenoxy) is 1. The van der Waals surface area contributed by atoms with E-state index in [4.69, 9.17) is 4.74 Å². The second kappa shape index (κ2) is 10.4. The first kappa shape index (κ1) is 26.1. The second-order valence-electron chi connectivity index (χ2n) is 6.93. The van der Waals surface area contributed by atoms with E-state index in [1.807, 2.05) is 0 Å². The Morgan fingerprint density at radius 2 is 1.82 bits per heavy atom. The first-order valence-electron chi connectivity index (χ1n) is 9.29. The monoisotopic (exact) mass is 580 g/mol. The molecule has 3 aromatic rings. The predicted octanol–water partition coefficient (Wildman–Crippen LogP) is 5.15. The molecule has 0 radical (unpaired) electrons. The molecule has 0 aliphatic carbocycles. The highest BCUT2D eigenvalue weighted by Crippen LogP contribution is 2.41. The van der Waals surface area contributed by atoms with Crippen molar-refractivity contribution in [3.63, 3.8) is 0 Å². The van der Waals surface area contributed by atoms with Gasteiger partial charge in [0.2, 0.25) is 5.13 Å². The van der Waals surface area contributed by atoms with E-state index in [0.29, 0.717) is 16.4 Å². The summed E-state index contributed by atoms with van der Waals surface area (Å²) in [6.07, 6.45) is 1.44. The molecule has 0 saturated heterocycles. The van der Waals surface area contributed by atoms with Crippen LogP contribution in [0.3, 0.4) is 0 Å². The number of benzene rings is 2. The molecule has 0 saturated carbocycles. The van der Waals surface area contributed by atoms with Crippen LogP contribution in [-0.4, -0.2) is 52.6 Å². The number of thiazole rings is 1. The normalized spacial score (nSPS) is 11.9. The Labute approximate surface area is 205 Å². The van der Waals surface area contributed by atoms with Gasteiger partial charge in [0.05, 0.1) is 17.6 Å². The Kier molecular flexibility index (Phi) is 7.95. The third kappa shape index (κ3) is 5.24. The number of methoxy groups -OCH3 is 1. The molecular weight excluding hydrogens is 564 g/mol. The molecule has 34 heavy (non-hydrogen) atoms. The minimum Gasteiger partial charge on any atom is -0.369 e. The van der Waals surface area contributed by atoms with Crippen molar-refractivity contribution in [3.05, 3.63) is 57.4 Å². The topological polar surface area (TPSA) is 75.1 Å². The average Bonchev–Trinajstić information content (AvgIpc) is 3.13. The second-order valence-corrected chi connectivity index (χ2v) is 11.1. The summed E-state index contributed by atoms with van der Waals surface area (Å²) in [5, 5.41) is 0.183. The lowest BCUT2D eigenvalue weighted by Crippen LogP contribution is -2.34. The SMILES string of the molecule is COCN(c1ccc(F)c(-c2nc(/N=C/N(C)C)sc2Br)c1F)S(=O)(=O)c1cc(F)ccc1F.